The standard InChI is InChI=1S/C16H18ClN5S/c1-18-15(19-7-6-12-4-2-3-5-14(12)17)20-10-13-11-22-8-9-23-16(22)21-13/h2-5,8-9,11H,6-7,10H2,1H3,(H2,18,19,20). The number of nitrogens with zero attached hydrogens (tertiary/aromatic N) is 3. The SMILES string of the molecule is CN=C(NCCc1ccccc1Cl)NCc1cn2ccsc2n1. The lowest BCUT2D eigenvalue weighted by Crippen LogP contribution is -2.37. The first-order valence-corrected chi connectivity index (χ1v) is 8.61. The molecule has 0 radical (unpaired) electrons. The predicted octanol–water partition coefficient (Wildman–Crippen LogP) is 2.96. The summed E-state index contributed by atoms with van der Waals surface area (Å²) >= 11 is 7.79. The molecule has 0 atom stereocenters. The van der Waals surface area contributed by atoms with E-state index < -0.39 is 0 Å². The van der Waals surface area contributed by atoms with Crippen molar-refractivity contribution < 1.29 is 0 Å². The van der Waals surface area contributed by atoms with Gasteiger partial charge < -0.3 is 10.6 Å². The third kappa shape index (κ3) is 4.03. The molecule has 3 rings (SSSR count). The number of hydrogen-bond acceptors (Lipinski definition) is 3. The van der Waals surface area contributed by atoms with Crippen LogP contribution in [0, 0.1) is 0 Å². The fourth-order valence-corrected chi connectivity index (χ4v) is 3.22. The van der Waals surface area contributed by atoms with Gasteiger partial charge in [-0.05, 0) is 18.1 Å². The highest BCUT2D eigenvalue weighted by Crippen LogP contribution is 2.14. The number of hydrogen-bond donors (Lipinski definition) is 2. The summed E-state index contributed by atoms with van der Waals surface area (Å²) in [6, 6.07) is 7.89. The van der Waals surface area contributed by atoms with Crippen molar-refractivity contribution in [2.45, 2.75) is 13.0 Å². The number of halogens is 1. The van der Waals surface area contributed by atoms with Crippen LogP contribution >= 0.6 is 22.9 Å². The largest absolute Gasteiger partial charge is 0.356 e. The molecule has 0 spiro atoms. The molecule has 0 unspecified atom stereocenters. The Bertz CT molecular complexity index is 779. The van der Waals surface area contributed by atoms with E-state index >= 15 is 0 Å². The maximum absolute atomic E-state index is 6.16. The molecule has 0 aliphatic carbocycles. The number of imidazole rings is 1. The first-order valence-electron chi connectivity index (χ1n) is 7.35. The number of aromatic nitrogens is 2. The van der Waals surface area contributed by atoms with Gasteiger partial charge in [-0.2, -0.15) is 0 Å². The molecule has 2 heterocycles. The van der Waals surface area contributed by atoms with Gasteiger partial charge in [-0.15, -0.1) is 11.3 Å². The molecule has 7 heteroatoms. The molecule has 0 bridgehead atoms. The molecular formula is C16H18ClN5S. The minimum absolute atomic E-state index is 0.639. The summed E-state index contributed by atoms with van der Waals surface area (Å²) in [6.45, 7) is 1.40. The Balaban J connectivity index is 1.48. The molecule has 5 nitrogen and oxygen atoms in total. The van der Waals surface area contributed by atoms with Gasteiger partial charge in [0.15, 0.2) is 10.9 Å². The fourth-order valence-electron chi connectivity index (χ4n) is 2.27. The molecule has 23 heavy (non-hydrogen) atoms. The van der Waals surface area contributed by atoms with Crippen LogP contribution in [0.3, 0.4) is 0 Å². The van der Waals surface area contributed by atoms with E-state index in [1.54, 1.807) is 18.4 Å². The maximum atomic E-state index is 6.16. The molecule has 0 fully saturated rings. The zero-order chi connectivity index (χ0) is 16.1. The molecule has 0 saturated heterocycles. The minimum Gasteiger partial charge on any atom is -0.356 e. The van der Waals surface area contributed by atoms with Crippen molar-refractivity contribution in [3.05, 3.63) is 58.3 Å². The summed E-state index contributed by atoms with van der Waals surface area (Å²) in [5.41, 5.74) is 2.12. The number of guanidine groups is 1. The number of rotatable bonds is 5. The van der Waals surface area contributed by atoms with Gasteiger partial charge in [0.25, 0.3) is 0 Å². The summed E-state index contributed by atoms with van der Waals surface area (Å²) < 4.78 is 2.02. The second-order valence-electron chi connectivity index (χ2n) is 5.02. The Morgan fingerprint density at radius 2 is 2.22 bits per heavy atom. The van der Waals surface area contributed by atoms with Crippen LogP contribution in [-0.4, -0.2) is 28.9 Å². The average molecular weight is 348 g/mol. The second-order valence-corrected chi connectivity index (χ2v) is 6.30. The summed E-state index contributed by atoms with van der Waals surface area (Å²) in [4.78, 5) is 9.77. The van der Waals surface area contributed by atoms with E-state index in [0.717, 1.165) is 40.2 Å². The first kappa shape index (κ1) is 15.8. The van der Waals surface area contributed by atoms with Crippen LogP contribution in [0.5, 0.6) is 0 Å². The zero-order valence-electron chi connectivity index (χ0n) is 12.8. The average Bonchev–Trinajstić information content (AvgIpc) is 3.13. The summed E-state index contributed by atoms with van der Waals surface area (Å²) in [5, 5.41) is 9.39. The molecule has 2 aromatic heterocycles. The van der Waals surface area contributed by atoms with Gasteiger partial charge in [0.1, 0.15) is 0 Å². The van der Waals surface area contributed by atoms with Crippen LogP contribution in [0.25, 0.3) is 4.96 Å². The van der Waals surface area contributed by atoms with Crippen molar-refractivity contribution in [1.82, 2.24) is 20.0 Å². The van der Waals surface area contributed by atoms with Gasteiger partial charge in [0.2, 0.25) is 0 Å². The molecule has 120 valence electrons. The van der Waals surface area contributed by atoms with Crippen LogP contribution in [0.2, 0.25) is 5.02 Å². The molecule has 1 aromatic carbocycles. The van der Waals surface area contributed by atoms with Gasteiger partial charge >= 0.3 is 0 Å². The Morgan fingerprint density at radius 3 is 3.00 bits per heavy atom. The van der Waals surface area contributed by atoms with Crippen molar-refractivity contribution in [3.63, 3.8) is 0 Å². The van der Waals surface area contributed by atoms with E-state index in [-0.39, 0.29) is 0 Å². The van der Waals surface area contributed by atoms with E-state index in [0.29, 0.717) is 6.54 Å². The Labute approximate surface area is 144 Å². The van der Waals surface area contributed by atoms with Crippen LogP contribution in [0.15, 0.2) is 47.0 Å². The highest BCUT2D eigenvalue weighted by molar-refractivity contribution is 7.15. The second kappa shape index (κ2) is 7.48. The molecule has 0 saturated carbocycles. The number of fused-ring (bicyclic) bond motifs is 1. The van der Waals surface area contributed by atoms with Gasteiger partial charge in [-0.3, -0.25) is 9.39 Å². The topological polar surface area (TPSA) is 53.7 Å². The molecule has 0 aliphatic heterocycles. The molecular weight excluding hydrogens is 330 g/mol. The zero-order valence-corrected chi connectivity index (χ0v) is 14.4. The maximum Gasteiger partial charge on any atom is 0.193 e. The lowest BCUT2D eigenvalue weighted by Gasteiger charge is -2.11. The Hall–Kier alpha value is -2.05. The van der Waals surface area contributed by atoms with Crippen molar-refractivity contribution >= 4 is 33.9 Å². The minimum atomic E-state index is 0.639. The smallest absolute Gasteiger partial charge is 0.193 e. The van der Waals surface area contributed by atoms with Gasteiger partial charge in [0.05, 0.1) is 12.2 Å². The number of benzene rings is 1. The van der Waals surface area contributed by atoms with Crippen molar-refractivity contribution in [2.24, 2.45) is 4.99 Å². The molecule has 3 aromatic rings. The van der Waals surface area contributed by atoms with Crippen molar-refractivity contribution in [1.29, 1.82) is 0 Å². The van der Waals surface area contributed by atoms with Gasteiger partial charge in [-0.25, -0.2) is 4.98 Å². The summed E-state index contributed by atoms with van der Waals surface area (Å²) in [6.07, 6.45) is 4.88. The first-order chi connectivity index (χ1) is 11.3. The summed E-state index contributed by atoms with van der Waals surface area (Å²) in [7, 11) is 1.76. The summed E-state index contributed by atoms with van der Waals surface area (Å²) in [5.74, 6) is 0.758. The quantitative estimate of drug-likeness (QED) is 0.551. The van der Waals surface area contributed by atoms with Crippen LogP contribution in [0.1, 0.15) is 11.3 Å². The van der Waals surface area contributed by atoms with E-state index in [1.165, 1.54) is 0 Å². The molecule has 0 aliphatic rings. The highest BCUT2D eigenvalue weighted by Gasteiger charge is 2.04. The third-order valence-electron chi connectivity index (χ3n) is 3.45. The van der Waals surface area contributed by atoms with Gasteiger partial charge in [-0.1, -0.05) is 29.8 Å². The van der Waals surface area contributed by atoms with Crippen molar-refractivity contribution in [2.75, 3.05) is 13.6 Å². The molecule has 0 amide bonds. The van der Waals surface area contributed by atoms with Crippen LogP contribution in [0.4, 0.5) is 0 Å². The lowest BCUT2D eigenvalue weighted by molar-refractivity contribution is 0.786. The van der Waals surface area contributed by atoms with E-state index in [9.17, 15) is 0 Å². The van der Waals surface area contributed by atoms with E-state index in [2.05, 4.69) is 20.6 Å². The Morgan fingerprint density at radius 1 is 1.35 bits per heavy atom. The normalized spacial score (nSPS) is 11.8. The van der Waals surface area contributed by atoms with E-state index in [4.69, 9.17) is 11.6 Å². The van der Waals surface area contributed by atoms with Crippen LogP contribution in [-0.2, 0) is 13.0 Å². The highest BCUT2D eigenvalue weighted by atomic mass is 35.5. The Kier molecular flexibility index (Phi) is 5.15. The number of thiazole rings is 1. The third-order valence-corrected chi connectivity index (χ3v) is 4.59. The monoisotopic (exact) mass is 347 g/mol. The fraction of sp³-hybridized carbons (Fsp3) is 0.250. The predicted molar refractivity (Wildman–Crippen MR) is 96.4 cm³/mol. The van der Waals surface area contributed by atoms with Crippen LogP contribution < -0.4 is 10.6 Å². The van der Waals surface area contributed by atoms with E-state index in [1.807, 2.05) is 46.4 Å². The number of nitrogens with one attached hydrogen (secondary N) is 2. The van der Waals surface area contributed by atoms with Crippen molar-refractivity contribution in [3.8, 4) is 0 Å². The number of aliphatic imine (C=N–C) groups is 1. The van der Waals surface area contributed by atoms with Gasteiger partial charge in [0, 0.05) is 36.4 Å². The lowest BCUT2D eigenvalue weighted by atomic mass is 10.1. The molecule has 2 N–H and O–H groups in total.